The van der Waals surface area contributed by atoms with Crippen LogP contribution in [-0.4, -0.2) is 15.0 Å². The van der Waals surface area contributed by atoms with Gasteiger partial charge in [-0.15, -0.1) is 0 Å². The van der Waals surface area contributed by atoms with Crippen LogP contribution in [0, 0.1) is 0 Å². The molecule has 1 N–H and O–H groups in total. The minimum Gasteiger partial charge on any atom is -0.508 e. The van der Waals surface area contributed by atoms with Crippen LogP contribution in [0.25, 0.3) is 0 Å². The van der Waals surface area contributed by atoms with Gasteiger partial charge in [-0.1, -0.05) is 75.5 Å². The Hall–Kier alpha value is -0.520. The van der Waals surface area contributed by atoms with E-state index in [2.05, 4.69) is 89.3 Å². The summed E-state index contributed by atoms with van der Waals surface area (Å²) in [4.78, 5) is 0. The zero-order valence-corrected chi connectivity index (χ0v) is 21.8. The maximum absolute atomic E-state index is 8.74. The summed E-state index contributed by atoms with van der Waals surface area (Å²) in [7, 11) is 0. The Kier molecular flexibility index (Phi) is 12.6. The summed E-state index contributed by atoms with van der Waals surface area (Å²) in [6.45, 7) is 12.8. The Morgan fingerprint density at radius 1 is 0.778 bits per heavy atom. The molecule has 0 spiro atoms. The minimum absolute atomic E-state index is 0.0756. The number of alkyl halides is 1. The number of rotatable bonds is 4. The molecule has 0 aliphatic carbocycles. The van der Waals surface area contributed by atoms with Gasteiger partial charge in [0.25, 0.3) is 0 Å². The summed E-state index contributed by atoms with van der Waals surface area (Å²) in [6.07, 6.45) is 2.19. The number of aromatic hydroxyl groups is 1. The number of hydrogen-bond donors (Lipinski definition) is 1. The third kappa shape index (κ3) is 15.1. The van der Waals surface area contributed by atoms with Crippen LogP contribution in [0.15, 0.2) is 57.5 Å². The first-order valence-electron chi connectivity index (χ1n) is 8.96. The molecule has 0 aliphatic heterocycles. The fraction of sp³-hybridized carbons (Fsp3) is 0.455. The molecule has 0 radical (unpaired) electrons. The molecule has 27 heavy (non-hydrogen) atoms. The van der Waals surface area contributed by atoms with Crippen LogP contribution in [0.2, 0.25) is 0 Å². The quantitative estimate of drug-likeness (QED) is 0.375. The normalized spacial score (nSPS) is 10.9. The van der Waals surface area contributed by atoms with Crippen molar-refractivity contribution < 1.29 is 9.84 Å². The summed E-state index contributed by atoms with van der Waals surface area (Å²) in [6, 6.07) is 14.8. The Labute approximate surface area is 190 Å². The van der Waals surface area contributed by atoms with Gasteiger partial charge in [-0.25, -0.2) is 0 Å². The molecule has 0 amide bonds. The van der Waals surface area contributed by atoms with Crippen molar-refractivity contribution in [3.63, 3.8) is 0 Å². The second-order valence-corrected chi connectivity index (χ2v) is 11.2. The highest BCUT2D eigenvalue weighted by atomic mass is 79.9. The zero-order chi connectivity index (χ0) is 21.1. The van der Waals surface area contributed by atoms with Gasteiger partial charge in [0.1, 0.15) is 17.1 Å². The van der Waals surface area contributed by atoms with Crippen molar-refractivity contribution in [2.45, 2.75) is 64.3 Å². The van der Waals surface area contributed by atoms with E-state index < -0.39 is 0 Å². The molecule has 0 saturated heterocycles. The van der Waals surface area contributed by atoms with Gasteiger partial charge in [0.05, 0.1) is 0 Å². The lowest BCUT2D eigenvalue weighted by atomic mass is 10.1. The molecule has 2 rings (SSSR count). The fourth-order valence-electron chi connectivity index (χ4n) is 1.33. The summed E-state index contributed by atoms with van der Waals surface area (Å²) >= 11 is 10.1. The SMILES string of the molecule is CCC(C)(C)Br.CCC(C)(C)Oc1ccc(Br)cc1.Oc1ccc(Br)cc1. The Morgan fingerprint density at radius 2 is 1.15 bits per heavy atom. The smallest absolute Gasteiger partial charge is 0.120 e. The first-order chi connectivity index (χ1) is 12.4. The molecule has 0 unspecified atom stereocenters. The summed E-state index contributed by atoms with van der Waals surface area (Å²) in [5, 5.41) is 8.74. The lowest BCUT2D eigenvalue weighted by Crippen LogP contribution is -2.26. The van der Waals surface area contributed by atoms with Crippen molar-refractivity contribution in [1.82, 2.24) is 0 Å². The molecule has 0 saturated carbocycles. The fourth-order valence-corrected chi connectivity index (χ4v) is 1.86. The van der Waals surface area contributed by atoms with E-state index in [1.165, 1.54) is 6.42 Å². The maximum atomic E-state index is 8.74. The van der Waals surface area contributed by atoms with E-state index in [1.807, 2.05) is 24.3 Å². The number of benzene rings is 2. The van der Waals surface area contributed by atoms with E-state index >= 15 is 0 Å². The van der Waals surface area contributed by atoms with E-state index in [9.17, 15) is 0 Å². The van der Waals surface area contributed by atoms with Gasteiger partial charge in [-0.2, -0.15) is 0 Å². The highest BCUT2D eigenvalue weighted by Gasteiger charge is 2.16. The first-order valence-corrected chi connectivity index (χ1v) is 11.3. The molecule has 2 aromatic carbocycles. The van der Waals surface area contributed by atoms with Gasteiger partial charge in [-0.3, -0.25) is 0 Å². The van der Waals surface area contributed by atoms with Crippen molar-refractivity contribution in [2.24, 2.45) is 0 Å². The van der Waals surface area contributed by atoms with Crippen LogP contribution in [0.1, 0.15) is 54.4 Å². The van der Waals surface area contributed by atoms with Crippen LogP contribution in [0.3, 0.4) is 0 Å². The summed E-state index contributed by atoms with van der Waals surface area (Å²) < 4.78 is 8.20. The Balaban J connectivity index is 0.000000413. The average molecular weight is 567 g/mol. The molecule has 0 aliphatic rings. The van der Waals surface area contributed by atoms with E-state index in [1.54, 1.807) is 24.3 Å². The number of hydrogen-bond acceptors (Lipinski definition) is 2. The monoisotopic (exact) mass is 564 g/mol. The second kappa shape index (κ2) is 12.8. The third-order valence-electron chi connectivity index (χ3n) is 3.73. The molecule has 0 heterocycles. The first kappa shape index (κ1) is 26.5. The third-order valence-corrected chi connectivity index (χ3v) is 5.34. The van der Waals surface area contributed by atoms with Crippen molar-refractivity contribution in [2.75, 3.05) is 0 Å². The Morgan fingerprint density at radius 3 is 1.44 bits per heavy atom. The topological polar surface area (TPSA) is 29.5 Å². The molecule has 2 aromatic rings. The molecule has 0 fully saturated rings. The van der Waals surface area contributed by atoms with Crippen LogP contribution < -0.4 is 4.74 Å². The molecule has 0 atom stereocenters. The Bertz CT molecular complexity index is 609. The van der Waals surface area contributed by atoms with Gasteiger partial charge in [0.15, 0.2) is 0 Å². The van der Waals surface area contributed by atoms with Gasteiger partial charge in [-0.05, 0) is 75.2 Å². The van der Waals surface area contributed by atoms with Crippen LogP contribution in [0.5, 0.6) is 11.5 Å². The van der Waals surface area contributed by atoms with E-state index in [0.29, 0.717) is 10.1 Å². The molecule has 0 aromatic heterocycles. The molecular weight excluding hydrogens is 536 g/mol. The molecule has 5 heteroatoms. The van der Waals surface area contributed by atoms with Crippen LogP contribution in [0.4, 0.5) is 0 Å². The number of phenolic OH excluding ortho intramolecular Hbond substituents is 1. The van der Waals surface area contributed by atoms with Crippen molar-refractivity contribution in [1.29, 1.82) is 0 Å². The van der Waals surface area contributed by atoms with Gasteiger partial charge in [0, 0.05) is 13.3 Å². The number of phenols is 1. The van der Waals surface area contributed by atoms with Crippen LogP contribution >= 0.6 is 47.8 Å². The molecule has 2 nitrogen and oxygen atoms in total. The average Bonchev–Trinajstić information content (AvgIpc) is 2.60. The lowest BCUT2D eigenvalue weighted by molar-refractivity contribution is 0.105. The number of ether oxygens (including phenoxy) is 1. The predicted molar refractivity (Wildman–Crippen MR) is 128 cm³/mol. The maximum Gasteiger partial charge on any atom is 0.120 e. The standard InChI is InChI=1S/C11H15BrO.C6H5BrO.C5H11Br/c1-4-11(2,3)13-10-7-5-9(12)6-8-10;7-5-1-3-6(8)4-2-5;1-4-5(2,3)6/h5-8H,4H2,1-3H3;1-4,8H;4H2,1-3H3. The molecular formula is C22H31Br3O2. The highest BCUT2D eigenvalue weighted by Crippen LogP contribution is 2.22. The van der Waals surface area contributed by atoms with E-state index in [4.69, 9.17) is 9.84 Å². The van der Waals surface area contributed by atoms with Crippen molar-refractivity contribution in [3.05, 3.63) is 57.5 Å². The largest absolute Gasteiger partial charge is 0.508 e. The van der Waals surface area contributed by atoms with Gasteiger partial charge < -0.3 is 9.84 Å². The van der Waals surface area contributed by atoms with Gasteiger partial charge in [0.2, 0.25) is 0 Å². The lowest BCUT2D eigenvalue weighted by Gasteiger charge is -2.24. The summed E-state index contributed by atoms with van der Waals surface area (Å²) in [5.41, 5.74) is -0.0756. The molecule has 152 valence electrons. The minimum atomic E-state index is -0.0756. The van der Waals surface area contributed by atoms with Gasteiger partial charge >= 0.3 is 0 Å². The second-order valence-electron chi connectivity index (χ2n) is 7.22. The van der Waals surface area contributed by atoms with E-state index in [-0.39, 0.29) is 5.60 Å². The predicted octanol–water partition coefficient (Wildman–Crippen LogP) is 8.74. The van der Waals surface area contributed by atoms with E-state index in [0.717, 1.165) is 21.1 Å². The van der Waals surface area contributed by atoms with Crippen molar-refractivity contribution in [3.8, 4) is 11.5 Å². The highest BCUT2D eigenvalue weighted by molar-refractivity contribution is 9.11. The summed E-state index contributed by atoms with van der Waals surface area (Å²) in [5.74, 6) is 1.23. The number of halogens is 3. The zero-order valence-electron chi connectivity index (χ0n) is 17.0. The molecule has 0 bridgehead atoms. The van der Waals surface area contributed by atoms with Crippen LogP contribution in [-0.2, 0) is 0 Å². The van der Waals surface area contributed by atoms with Crippen molar-refractivity contribution >= 4 is 47.8 Å².